The minimum atomic E-state index is -1.05. The predicted molar refractivity (Wildman–Crippen MR) is 66.2 cm³/mol. The normalized spacial score (nSPS) is 11.6. The maximum absolute atomic E-state index is 11.9. The van der Waals surface area contributed by atoms with E-state index in [2.05, 4.69) is 0 Å². The highest BCUT2D eigenvalue weighted by Crippen LogP contribution is 2.05. The van der Waals surface area contributed by atoms with E-state index in [4.69, 9.17) is 5.11 Å². The third kappa shape index (κ3) is 4.23. The summed E-state index contributed by atoms with van der Waals surface area (Å²) in [6.45, 7) is 1.61. The number of carboxylic acid groups (broad SMARTS) is 1. The summed E-state index contributed by atoms with van der Waals surface area (Å²) in [5, 5.41) is 8.96. The molecule has 0 rings (SSSR count). The van der Waals surface area contributed by atoms with Crippen molar-refractivity contribution in [2.24, 2.45) is 0 Å². The van der Waals surface area contributed by atoms with Crippen molar-refractivity contribution in [1.82, 2.24) is 14.7 Å². The molecule has 7 heteroatoms. The molecule has 0 radical (unpaired) electrons. The maximum Gasteiger partial charge on any atom is 0.326 e. The highest BCUT2D eigenvalue weighted by molar-refractivity contribution is 5.86. The lowest BCUT2D eigenvalue weighted by Gasteiger charge is -2.29. The Kier molecular flexibility index (Phi) is 6.15. The molecule has 18 heavy (non-hydrogen) atoms. The van der Waals surface area contributed by atoms with Crippen LogP contribution in [0, 0.1) is 0 Å². The molecule has 0 bridgehead atoms. The first-order valence-corrected chi connectivity index (χ1v) is 5.63. The smallest absolute Gasteiger partial charge is 0.326 e. The van der Waals surface area contributed by atoms with Crippen LogP contribution >= 0.6 is 0 Å². The van der Waals surface area contributed by atoms with Crippen molar-refractivity contribution in [3.8, 4) is 0 Å². The third-order valence-electron chi connectivity index (χ3n) is 2.64. The van der Waals surface area contributed by atoms with Crippen LogP contribution in [0.15, 0.2) is 0 Å². The first kappa shape index (κ1) is 16.2. The lowest BCUT2D eigenvalue weighted by molar-refractivity contribution is -0.142. The number of rotatable bonds is 5. The molecule has 0 aliphatic carbocycles. The molecular formula is C11H21N3O4. The highest BCUT2D eigenvalue weighted by Gasteiger charge is 2.27. The van der Waals surface area contributed by atoms with Crippen LogP contribution in [0.25, 0.3) is 0 Å². The van der Waals surface area contributed by atoms with Gasteiger partial charge in [-0.3, -0.25) is 4.79 Å². The largest absolute Gasteiger partial charge is 0.480 e. The highest BCUT2D eigenvalue weighted by atomic mass is 16.4. The van der Waals surface area contributed by atoms with Crippen LogP contribution in [0.4, 0.5) is 4.79 Å². The second-order valence-electron chi connectivity index (χ2n) is 4.30. The molecule has 0 heterocycles. The van der Waals surface area contributed by atoms with Crippen molar-refractivity contribution >= 4 is 17.9 Å². The van der Waals surface area contributed by atoms with Crippen molar-refractivity contribution < 1.29 is 19.5 Å². The van der Waals surface area contributed by atoms with E-state index in [-0.39, 0.29) is 12.5 Å². The second kappa shape index (κ2) is 6.83. The van der Waals surface area contributed by atoms with Gasteiger partial charge in [0, 0.05) is 28.2 Å². The van der Waals surface area contributed by atoms with Gasteiger partial charge in [0.05, 0.1) is 0 Å². The Hall–Kier alpha value is -1.79. The van der Waals surface area contributed by atoms with Crippen molar-refractivity contribution in [1.29, 1.82) is 0 Å². The van der Waals surface area contributed by atoms with E-state index < -0.39 is 18.0 Å². The van der Waals surface area contributed by atoms with Crippen molar-refractivity contribution in [2.75, 3.05) is 34.7 Å². The first-order valence-electron chi connectivity index (χ1n) is 5.63. The van der Waals surface area contributed by atoms with Crippen LogP contribution in [0.5, 0.6) is 0 Å². The quantitative estimate of drug-likeness (QED) is 0.749. The third-order valence-corrected chi connectivity index (χ3v) is 2.64. The summed E-state index contributed by atoms with van der Waals surface area (Å²) in [5.74, 6) is -1.27. The van der Waals surface area contributed by atoms with Crippen LogP contribution in [-0.2, 0) is 9.59 Å². The van der Waals surface area contributed by atoms with Crippen molar-refractivity contribution in [3.05, 3.63) is 0 Å². The Balaban J connectivity index is 4.63. The van der Waals surface area contributed by atoms with Crippen LogP contribution < -0.4 is 0 Å². The SMILES string of the molecule is CCC(C(=O)O)N(C)C(=O)N(C)CC(=O)N(C)C. The van der Waals surface area contributed by atoms with Gasteiger partial charge >= 0.3 is 12.0 Å². The lowest BCUT2D eigenvalue weighted by Crippen LogP contribution is -2.49. The van der Waals surface area contributed by atoms with Gasteiger partial charge in [-0.2, -0.15) is 0 Å². The fourth-order valence-electron chi connectivity index (χ4n) is 1.43. The van der Waals surface area contributed by atoms with Gasteiger partial charge in [-0.05, 0) is 6.42 Å². The number of carbonyl (C=O) groups is 3. The zero-order valence-electron chi connectivity index (χ0n) is 11.5. The summed E-state index contributed by atoms with van der Waals surface area (Å²) in [7, 11) is 6.07. The van der Waals surface area contributed by atoms with Gasteiger partial charge in [-0.1, -0.05) is 6.92 Å². The molecule has 0 aliphatic rings. The molecule has 0 aromatic heterocycles. The number of aliphatic carboxylic acids is 1. The van der Waals surface area contributed by atoms with E-state index in [0.717, 1.165) is 4.90 Å². The Morgan fingerprint density at radius 3 is 1.94 bits per heavy atom. The average Bonchev–Trinajstić information content (AvgIpc) is 2.27. The topological polar surface area (TPSA) is 81.2 Å². The number of carboxylic acids is 1. The standard InChI is InChI=1S/C11H21N3O4/c1-6-8(10(16)17)14(5)11(18)13(4)7-9(15)12(2)3/h8H,6-7H2,1-5H3,(H,16,17). The van der Waals surface area contributed by atoms with Crippen molar-refractivity contribution in [2.45, 2.75) is 19.4 Å². The zero-order valence-corrected chi connectivity index (χ0v) is 11.5. The molecular weight excluding hydrogens is 238 g/mol. The van der Waals surface area contributed by atoms with Gasteiger partial charge in [-0.15, -0.1) is 0 Å². The fourth-order valence-corrected chi connectivity index (χ4v) is 1.43. The summed E-state index contributed by atoms with van der Waals surface area (Å²) in [6.07, 6.45) is 0.313. The first-order chi connectivity index (χ1) is 8.22. The Labute approximate surface area is 107 Å². The fraction of sp³-hybridized carbons (Fsp3) is 0.727. The number of urea groups is 1. The lowest BCUT2D eigenvalue weighted by atomic mass is 10.2. The van der Waals surface area contributed by atoms with Gasteiger partial charge in [0.2, 0.25) is 5.91 Å². The Morgan fingerprint density at radius 1 is 1.11 bits per heavy atom. The molecule has 0 saturated carbocycles. The van der Waals surface area contributed by atoms with Gasteiger partial charge in [-0.25, -0.2) is 9.59 Å². The average molecular weight is 259 g/mol. The maximum atomic E-state index is 11.9. The second-order valence-corrected chi connectivity index (χ2v) is 4.30. The number of hydrogen-bond donors (Lipinski definition) is 1. The summed E-state index contributed by atoms with van der Waals surface area (Å²) in [5.41, 5.74) is 0. The van der Waals surface area contributed by atoms with E-state index in [9.17, 15) is 14.4 Å². The summed E-state index contributed by atoms with van der Waals surface area (Å²) < 4.78 is 0. The van der Waals surface area contributed by atoms with E-state index in [0.29, 0.717) is 6.42 Å². The molecule has 1 atom stereocenters. The van der Waals surface area contributed by atoms with Crippen molar-refractivity contribution in [3.63, 3.8) is 0 Å². The molecule has 0 aliphatic heterocycles. The molecule has 3 amide bonds. The molecule has 0 spiro atoms. The predicted octanol–water partition coefficient (Wildman–Crippen LogP) is -0.0786. The summed E-state index contributed by atoms with van der Waals surface area (Å²) in [6, 6.07) is -1.37. The number of amides is 3. The Morgan fingerprint density at radius 2 is 1.61 bits per heavy atom. The van der Waals surface area contributed by atoms with E-state index in [1.54, 1.807) is 21.0 Å². The van der Waals surface area contributed by atoms with Gasteiger partial charge in [0.15, 0.2) is 0 Å². The molecule has 1 N–H and O–H groups in total. The van der Waals surface area contributed by atoms with E-state index >= 15 is 0 Å². The van der Waals surface area contributed by atoms with Crippen LogP contribution in [-0.4, -0.2) is 78.5 Å². The summed E-state index contributed by atoms with van der Waals surface area (Å²) >= 11 is 0. The van der Waals surface area contributed by atoms with Crippen LogP contribution in [0.1, 0.15) is 13.3 Å². The molecule has 0 saturated heterocycles. The number of hydrogen-bond acceptors (Lipinski definition) is 3. The Bertz CT molecular complexity index is 330. The van der Waals surface area contributed by atoms with Gasteiger partial charge < -0.3 is 19.8 Å². The zero-order chi connectivity index (χ0) is 14.5. The van der Waals surface area contributed by atoms with E-state index in [1.807, 2.05) is 0 Å². The van der Waals surface area contributed by atoms with E-state index in [1.165, 1.54) is 23.9 Å². The summed E-state index contributed by atoms with van der Waals surface area (Å²) in [4.78, 5) is 38.0. The molecule has 7 nitrogen and oxygen atoms in total. The molecule has 1 unspecified atom stereocenters. The molecule has 104 valence electrons. The molecule has 0 fully saturated rings. The number of nitrogens with zero attached hydrogens (tertiary/aromatic N) is 3. The minimum Gasteiger partial charge on any atom is -0.480 e. The number of likely N-dealkylation sites (N-methyl/N-ethyl adjacent to an activating group) is 3. The monoisotopic (exact) mass is 259 g/mol. The van der Waals surface area contributed by atoms with Crippen LogP contribution in [0.2, 0.25) is 0 Å². The van der Waals surface area contributed by atoms with Crippen LogP contribution in [0.3, 0.4) is 0 Å². The van der Waals surface area contributed by atoms with Gasteiger partial charge in [0.1, 0.15) is 12.6 Å². The minimum absolute atomic E-state index is 0.0772. The van der Waals surface area contributed by atoms with Gasteiger partial charge in [0.25, 0.3) is 0 Å². The number of carbonyl (C=O) groups excluding carboxylic acids is 2. The molecule has 0 aromatic rings. The molecule has 0 aromatic carbocycles.